The van der Waals surface area contributed by atoms with Gasteiger partial charge in [-0.3, -0.25) is 0 Å². The van der Waals surface area contributed by atoms with Gasteiger partial charge in [0.2, 0.25) is 0 Å². The van der Waals surface area contributed by atoms with Crippen LogP contribution in [0.15, 0.2) is 24.3 Å². The monoisotopic (exact) mass is 290 g/mol. The van der Waals surface area contributed by atoms with Crippen molar-refractivity contribution in [3.8, 4) is 5.75 Å². The minimum absolute atomic E-state index is 0.102. The number of nitrogens with zero attached hydrogens (tertiary/aromatic N) is 1. The number of aromatic nitrogens is 1. The van der Waals surface area contributed by atoms with Crippen molar-refractivity contribution in [3.63, 3.8) is 0 Å². The van der Waals surface area contributed by atoms with E-state index in [1.165, 1.54) is 10.4 Å². The Morgan fingerprint density at radius 3 is 2.75 bits per heavy atom. The fourth-order valence-electron chi connectivity index (χ4n) is 1.99. The highest BCUT2D eigenvalue weighted by Gasteiger charge is 2.09. The third kappa shape index (κ3) is 4.32. The van der Waals surface area contributed by atoms with Gasteiger partial charge in [0.05, 0.1) is 17.3 Å². The molecule has 0 aliphatic heterocycles. The van der Waals surface area contributed by atoms with Gasteiger partial charge >= 0.3 is 0 Å². The second-order valence-electron chi connectivity index (χ2n) is 5.17. The molecule has 1 atom stereocenters. The molecule has 0 saturated heterocycles. The van der Waals surface area contributed by atoms with Crippen LogP contribution >= 0.6 is 11.3 Å². The minimum Gasteiger partial charge on any atom is -0.494 e. The van der Waals surface area contributed by atoms with E-state index < -0.39 is 0 Å². The highest BCUT2D eigenvalue weighted by molar-refractivity contribution is 7.11. The van der Waals surface area contributed by atoms with Crippen LogP contribution in [0.3, 0.4) is 0 Å². The fraction of sp³-hybridized carbons (Fsp3) is 0.438. The van der Waals surface area contributed by atoms with Crippen LogP contribution in [0.4, 0.5) is 0 Å². The molecule has 2 aromatic rings. The molecule has 1 aromatic carbocycles. The van der Waals surface area contributed by atoms with Gasteiger partial charge < -0.3 is 10.5 Å². The predicted octanol–water partition coefficient (Wildman–Crippen LogP) is 3.41. The molecule has 0 spiro atoms. The van der Waals surface area contributed by atoms with E-state index in [-0.39, 0.29) is 6.04 Å². The van der Waals surface area contributed by atoms with Gasteiger partial charge in [0, 0.05) is 17.3 Å². The minimum atomic E-state index is 0.102. The number of hydrogen-bond acceptors (Lipinski definition) is 4. The summed E-state index contributed by atoms with van der Waals surface area (Å²) in [5.41, 5.74) is 8.47. The van der Waals surface area contributed by atoms with E-state index in [4.69, 9.17) is 10.5 Å². The first kappa shape index (κ1) is 15.0. The van der Waals surface area contributed by atoms with Crippen molar-refractivity contribution in [1.29, 1.82) is 0 Å². The molecule has 2 N–H and O–H groups in total. The van der Waals surface area contributed by atoms with Crippen LogP contribution in [0, 0.1) is 20.8 Å². The Morgan fingerprint density at radius 2 is 2.10 bits per heavy atom. The summed E-state index contributed by atoms with van der Waals surface area (Å²) in [7, 11) is 0. The van der Waals surface area contributed by atoms with Gasteiger partial charge in [0.1, 0.15) is 5.75 Å². The third-order valence-electron chi connectivity index (χ3n) is 3.26. The Balaban J connectivity index is 1.76. The molecule has 1 heterocycles. The summed E-state index contributed by atoms with van der Waals surface area (Å²) in [6.45, 7) is 6.85. The van der Waals surface area contributed by atoms with Gasteiger partial charge in [-0.15, -0.1) is 11.3 Å². The molecule has 1 aromatic heterocycles. The summed E-state index contributed by atoms with van der Waals surface area (Å²) < 4.78 is 5.73. The van der Waals surface area contributed by atoms with Gasteiger partial charge in [-0.05, 0) is 44.9 Å². The topological polar surface area (TPSA) is 48.1 Å². The summed E-state index contributed by atoms with van der Waals surface area (Å²) in [6, 6.07) is 8.19. The first-order valence-electron chi connectivity index (χ1n) is 6.92. The average Bonchev–Trinajstić information content (AvgIpc) is 2.68. The molecule has 0 saturated carbocycles. The summed E-state index contributed by atoms with van der Waals surface area (Å²) >= 11 is 1.74. The summed E-state index contributed by atoms with van der Waals surface area (Å²) in [4.78, 5) is 5.81. The fourth-order valence-corrected chi connectivity index (χ4v) is 3.01. The molecule has 1 unspecified atom stereocenters. The van der Waals surface area contributed by atoms with Crippen molar-refractivity contribution in [2.24, 2.45) is 5.73 Å². The molecule has 0 radical (unpaired) electrons. The van der Waals surface area contributed by atoms with Gasteiger partial charge in [-0.2, -0.15) is 0 Å². The molecular formula is C16H22N2OS. The lowest BCUT2D eigenvalue weighted by molar-refractivity contribution is 0.297. The first-order valence-corrected chi connectivity index (χ1v) is 7.74. The molecular weight excluding hydrogens is 268 g/mol. The molecule has 0 bridgehead atoms. The Morgan fingerprint density at radius 1 is 1.30 bits per heavy atom. The van der Waals surface area contributed by atoms with Crippen molar-refractivity contribution < 1.29 is 4.74 Å². The number of rotatable bonds is 6. The number of ether oxygens (including phenoxy) is 1. The quantitative estimate of drug-likeness (QED) is 0.887. The van der Waals surface area contributed by atoms with Crippen molar-refractivity contribution in [1.82, 2.24) is 4.98 Å². The number of benzene rings is 1. The maximum absolute atomic E-state index is 6.15. The van der Waals surface area contributed by atoms with Crippen LogP contribution in [-0.2, 0) is 6.42 Å². The molecule has 0 aliphatic rings. The lowest BCUT2D eigenvalue weighted by Gasteiger charge is -2.11. The highest BCUT2D eigenvalue weighted by atomic mass is 32.1. The SMILES string of the molecule is Cc1cccc(OCCC(N)Cc2nc(C)c(C)s2)c1. The molecule has 0 fully saturated rings. The zero-order valence-electron chi connectivity index (χ0n) is 12.3. The second kappa shape index (κ2) is 6.86. The van der Waals surface area contributed by atoms with E-state index in [1.54, 1.807) is 11.3 Å². The maximum atomic E-state index is 6.15. The van der Waals surface area contributed by atoms with Crippen LogP contribution in [0.25, 0.3) is 0 Å². The summed E-state index contributed by atoms with van der Waals surface area (Å²) in [6.07, 6.45) is 1.67. The third-order valence-corrected chi connectivity index (χ3v) is 4.35. The van der Waals surface area contributed by atoms with Crippen LogP contribution < -0.4 is 10.5 Å². The van der Waals surface area contributed by atoms with E-state index in [2.05, 4.69) is 24.9 Å². The van der Waals surface area contributed by atoms with Gasteiger partial charge in [-0.1, -0.05) is 12.1 Å². The van der Waals surface area contributed by atoms with Gasteiger partial charge in [0.25, 0.3) is 0 Å². The molecule has 20 heavy (non-hydrogen) atoms. The number of aryl methyl sites for hydroxylation is 3. The smallest absolute Gasteiger partial charge is 0.119 e. The van der Waals surface area contributed by atoms with Crippen LogP contribution in [-0.4, -0.2) is 17.6 Å². The number of nitrogens with two attached hydrogens (primary N) is 1. The zero-order valence-corrected chi connectivity index (χ0v) is 13.2. The Hall–Kier alpha value is -1.39. The van der Waals surface area contributed by atoms with E-state index in [0.717, 1.165) is 29.3 Å². The van der Waals surface area contributed by atoms with E-state index in [9.17, 15) is 0 Å². The zero-order chi connectivity index (χ0) is 14.5. The lowest BCUT2D eigenvalue weighted by Crippen LogP contribution is -2.25. The maximum Gasteiger partial charge on any atom is 0.119 e. The van der Waals surface area contributed by atoms with Crippen LogP contribution in [0.1, 0.15) is 27.6 Å². The summed E-state index contributed by atoms with van der Waals surface area (Å²) in [5, 5.41) is 1.13. The van der Waals surface area contributed by atoms with Crippen molar-refractivity contribution in [2.75, 3.05) is 6.61 Å². The highest BCUT2D eigenvalue weighted by Crippen LogP contribution is 2.18. The Kier molecular flexibility index (Phi) is 5.15. The van der Waals surface area contributed by atoms with E-state index in [1.807, 2.05) is 25.1 Å². The van der Waals surface area contributed by atoms with Crippen LogP contribution in [0.5, 0.6) is 5.75 Å². The molecule has 0 amide bonds. The van der Waals surface area contributed by atoms with Crippen molar-refractivity contribution >= 4 is 11.3 Å². The van der Waals surface area contributed by atoms with Gasteiger partial charge in [-0.25, -0.2) is 4.98 Å². The van der Waals surface area contributed by atoms with Crippen molar-refractivity contribution in [2.45, 2.75) is 39.7 Å². The standard InChI is InChI=1S/C16H22N2OS/c1-11-5-4-6-15(9-11)19-8-7-14(17)10-16-18-12(2)13(3)20-16/h4-6,9,14H,7-8,10,17H2,1-3H3. The van der Waals surface area contributed by atoms with E-state index in [0.29, 0.717) is 6.61 Å². The Labute approximate surface area is 124 Å². The predicted molar refractivity (Wildman–Crippen MR) is 84.6 cm³/mol. The summed E-state index contributed by atoms with van der Waals surface area (Å²) in [5.74, 6) is 0.915. The lowest BCUT2D eigenvalue weighted by atomic mass is 10.1. The normalized spacial score (nSPS) is 12.4. The first-order chi connectivity index (χ1) is 9.54. The Bertz CT molecular complexity index is 546. The molecule has 4 heteroatoms. The molecule has 2 rings (SSSR count). The molecule has 3 nitrogen and oxygen atoms in total. The van der Waals surface area contributed by atoms with Gasteiger partial charge in [0.15, 0.2) is 0 Å². The molecule has 108 valence electrons. The van der Waals surface area contributed by atoms with Crippen LogP contribution in [0.2, 0.25) is 0 Å². The van der Waals surface area contributed by atoms with E-state index >= 15 is 0 Å². The van der Waals surface area contributed by atoms with Crippen molar-refractivity contribution in [3.05, 3.63) is 45.4 Å². The molecule has 0 aliphatic carbocycles. The average molecular weight is 290 g/mol. The second-order valence-corrected chi connectivity index (χ2v) is 6.45. The number of thiazole rings is 1. The number of hydrogen-bond donors (Lipinski definition) is 1. The largest absolute Gasteiger partial charge is 0.494 e.